The molecule has 0 saturated carbocycles. The minimum absolute atomic E-state index is 0.512. The van der Waals surface area contributed by atoms with Crippen LogP contribution in [-0.2, 0) is 5.41 Å². The van der Waals surface area contributed by atoms with E-state index in [0.29, 0.717) is 0 Å². The summed E-state index contributed by atoms with van der Waals surface area (Å²) in [5, 5.41) is 5.85. The van der Waals surface area contributed by atoms with Gasteiger partial charge in [0.2, 0.25) is 0 Å². The Morgan fingerprint density at radius 1 is 0.373 bits per heavy atom. The first-order valence-electron chi connectivity index (χ1n) is 20.2. The van der Waals surface area contributed by atoms with Gasteiger partial charge in [0.25, 0.3) is 0 Å². The number of benzene rings is 9. The van der Waals surface area contributed by atoms with Crippen LogP contribution in [0.25, 0.3) is 98.4 Å². The minimum atomic E-state index is -0.512. The van der Waals surface area contributed by atoms with E-state index >= 15 is 0 Å². The van der Waals surface area contributed by atoms with Crippen molar-refractivity contribution in [3.05, 3.63) is 222 Å². The van der Waals surface area contributed by atoms with Crippen LogP contribution in [-0.4, -0.2) is 4.98 Å². The van der Waals surface area contributed by atoms with Gasteiger partial charge in [0.1, 0.15) is 16.2 Å². The fourth-order valence-corrected chi connectivity index (χ4v) is 11.4. The van der Waals surface area contributed by atoms with Crippen molar-refractivity contribution in [3.63, 3.8) is 0 Å². The molecule has 0 bridgehead atoms. The Hall–Kier alpha value is -7.33. The zero-order valence-electron chi connectivity index (χ0n) is 31.8. The molecule has 13 rings (SSSR count). The monoisotopic (exact) mass is 767 g/mol. The maximum absolute atomic E-state index is 6.59. The number of hydrogen-bond donors (Lipinski definition) is 0. The van der Waals surface area contributed by atoms with Gasteiger partial charge in [-0.25, -0.2) is 4.98 Å². The molecule has 59 heavy (non-hydrogen) atoms. The predicted octanol–water partition coefficient (Wildman–Crippen LogP) is 15.2. The second kappa shape index (κ2) is 12.3. The minimum Gasteiger partial charge on any atom is -0.456 e. The number of fused-ring (bicyclic) bond motifs is 12. The molecule has 2 heterocycles. The van der Waals surface area contributed by atoms with E-state index in [9.17, 15) is 0 Å². The molecule has 2 aliphatic rings. The summed E-state index contributed by atoms with van der Waals surface area (Å²) in [5.41, 5.74) is 18.5. The molecule has 1 spiro atoms. The van der Waals surface area contributed by atoms with Crippen LogP contribution in [0.4, 0.5) is 0 Å². The third-order valence-electron chi connectivity index (χ3n) is 12.8. The van der Waals surface area contributed by atoms with Crippen molar-refractivity contribution in [3.8, 4) is 65.6 Å². The summed E-state index contributed by atoms with van der Waals surface area (Å²) >= 11 is 1.76. The number of para-hydroxylation sites is 1. The van der Waals surface area contributed by atoms with Crippen LogP contribution in [0, 0.1) is 0 Å². The van der Waals surface area contributed by atoms with Crippen LogP contribution in [0.15, 0.2) is 205 Å². The molecule has 0 N–H and O–H groups in total. The third kappa shape index (κ3) is 4.54. The maximum Gasteiger partial charge on any atom is 0.136 e. The molecule has 9 aromatic carbocycles. The highest BCUT2D eigenvalue weighted by molar-refractivity contribution is 7.19. The summed E-state index contributed by atoms with van der Waals surface area (Å²) in [7, 11) is 0. The fourth-order valence-electron chi connectivity index (χ4n) is 10.3. The Morgan fingerprint density at radius 3 is 1.75 bits per heavy atom. The quantitative estimate of drug-likeness (QED) is 0.178. The van der Waals surface area contributed by atoms with E-state index in [-0.39, 0.29) is 0 Å². The first-order chi connectivity index (χ1) is 29.3. The van der Waals surface area contributed by atoms with Crippen LogP contribution in [0.1, 0.15) is 22.3 Å². The number of rotatable bonds is 4. The van der Waals surface area contributed by atoms with Crippen LogP contribution in [0.5, 0.6) is 0 Å². The summed E-state index contributed by atoms with van der Waals surface area (Å²) in [5.74, 6) is 0. The highest BCUT2D eigenvalue weighted by atomic mass is 32.1. The Kier molecular flexibility index (Phi) is 6.84. The summed E-state index contributed by atoms with van der Waals surface area (Å²) in [6.45, 7) is 0. The number of hydrogen-bond acceptors (Lipinski definition) is 3. The lowest BCUT2D eigenvalue weighted by molar-refractivity contribution is 0.668. The molecule has 0 atom stereocenters. The molecule has 0 fully saturated rings. The van der Waals surface area contributed by atoms with Crippen LogP contribution < -0.4 is 0 Å². The molecule has 0 saturated heterocycles. The molecule has 274 valence electrons. The lowest BCUT2D eigenvalue weighted by Gasteiger charge is -2.40. The second-order valence-corrected chi connectivity index (χ2v) is 16.7. The molecule has 11 aromatic rings. The molecule has 0 aliphatic heterocycles. The van der Waals surface area contributed by atoms with Crippen LogP contribution in [0.2, 0.25) is 0 Å². The van der Waals surface area contributed by atoms with Gasteiger partial charge in [0.15, 0.2) is 0 Å². The zero-order chi connectivity index (χ0) is 38.7. The number of furan rings is 1. The van der Waals surface area contributed by atoms with Crippen molar-refractivity contribution < 1.29 is 4.42 Å². The second-order valence-electron chi connectivity index (χ2n) is 15.7. The molecule has 2 nitrogen and oxygen atoms in total. The van der Waals surface area contributed by atoms with E-state index < -0.39 is 5.41 Å². The number of nitrogens with zero attached hydrogens (tertiary/aromatic N) is 1. The molecular formula is C56H33NOS. The van der Waals surface area contributed by atoms with E-state index in [1.54, 1.807) is 11.3 Å². The van der Waals surface area contributed by atoms with Crippen LogP contribution in [0.3, 0.4) is 0 Å². The Bertz CT molecular complexity index is 3380. The number of aromatic nitrogens is 1. The van der Waals surface area contributed by atoms with Gasteiger partial charge in [-0.1, -0.05) is 182 Å². The Labute approximate surface area is 345 Å². The smallest absolute Gasteiger partial charge is 0.136 e. The highest BCUT2D eigenvalue weighted by Gasteiger charge is 2.50. The molecule has 2 aliphatic carbocycles. The lowest BCUT2D eigenvalue weighted by atomic mass is 9.61. The fraction of sp³-hybridized carbons (Fsp3) is 0.0179. The standard InChI is InChI=1S/C56H33NOS/c1-3-14-35(15-4-1)53-54(36-16-5-2-6-17-36)59-55(57-53)37-28-26-34(27-29-37)38-30-31-43-44-33-51-45(41-20-9-12-25-50(41)58-51)32-49(44)56(48-24-13-21-42(38)52(43)48)46-22-10-7-18-39(46)40-19-8-11-23-47(40)56/h1-33H. The molecule has 3 heteroatoms. The van der Waals surface area contributed by atoms with Gasteiger partial charge >= 0.3 is 0 Å². The van der Waals surface area contributed by atoms with Crippen LogP contribution >= 0.6 is 11.3 Å². The normalized spacial score (nSPS) is 13.2. The van der Waals surface area contributed by atoms with Crippen molar-refractivity contribution in [1.82, 2.24) is 4.98 Å². The third-order valence-corrected chi connectivity index (χ3v) is 13.9. The first-order valence-corrected chi connectivity index (χ1v) is 21.0. The van der Waals surface area contributed by atoms with Crippen molar-refractivity contribution in [2.45, 2.75) is 5.41 Å². The van der Waals surface area contributed by atoms with E-state index in [4.69, 9.17) is 9.40 Å². The molecular weight excluding hydrogens is 735 g/mol. The van der Waals surface area contributed by atoms with Gasteiger partial charge in [-0.15, -0.1) is 11.3 Å². The van der Waals surface area contributed by atoms with Gasteiger partial charge in [-0.3, -0.25) is 0 Å². The summed E-state index contributed by atoms with van der Waals surface area (Å²) in [6, 6.07) is 73.1. The predicted molar refractivity (Wildman–Crippen MR) is 245 cm³/mol. The zero-order valence-corrected chi connectivity index (χ0v) is 32.6. The molecule has 0 radical (unpaired) electrons. The van der Waals surface area contributed by atoms with E-state index in [1.165, 1.54) is 76.8 Å². The van der Waals surface area contributed by atoms with Gasteiger partial charge in [-0.05, 0) is 90.2 Å². The average molecular weight is 768 g/mol. The topological polar surface area (TPSA) is 26.0 Å². The van der Waals surface area contributed by atoms with Crippen molar-refractivity contribution in [1.29, 1.82) is 0 Å². The van der Waals surface area contributed by atoms with E-state index in [1.807, 2.05) is 0 Å². The van der Waals surface area contributed by atoms with Crippen molar-refractivity contribution >= 4 is 44.0 Å². The maximum atomic E-state index is 6.59. The molecule has 0 amide bonds. The molecule has 0 unspecified atom stereocenters. The van der Waals surface area contributed by atoms with Gasteiger partial charge in [0.05, 0.1) is 16.0 Å². The van der Waals surface area contributed by atoms with Gasteiger partial charge < -0.3 is 4.42 Å². The Balaban J connectivity index is 1.03. The van der Waals surface area contributed by atoms with Gasteiger partial charge in [0, 0.05) is 21.9 Å². The Morgan fingerprint density at radius 2 is 0.983 bits per heavy atom. The van der Waals surface area contributed by atoms with Gasteiger partial charge in [-0.2, -0.15) is 0 Å². The van der Waals surface area contributed by atoms with Crippen molar-refractivity contribution in [2.24, 2.45) is 0 Å². The highest BCUT2D eigenvalue weighted by Crippen LogP contribution is 2.63. The first kappa shape index (κ1) is 32.7. The lowest BCUT2D eigenvalue weighted by Crippen LogP contribution is -2.31. The van der Waals surface area contributed by atoms with Crippen molar-refractivity contribution in [2.75, 3.05) is 0 Å². The average Bonchev–Trinajstić information content (AvgIpc) is 4.00. The summed E-state index contributed by atoms with van der Waals surface area (Å²) in [4.78, 5) is 6.45. The summed E-state index contributed by atoms with van der Waals surface area (Å²) in [6.07, 6.45) is 0. The largest absolute Gasteiger partial charge is 0.456 e. The molecule has 2 aromatic heterocycles. The van der Waals surface area contributed by atoms with E-state index in [0.717, 1.165) is 43.8 Å². The SMILES string of the molecule is c1ccc(-c2nc(-c3ccc(-c4ccc5c6c(cccc46)C4(c6ccccc6-c6ccccc64)c4cc6c(cc4-5)oc4ccccc46)cc3)sc2-c2ccccc2)cc1. The number of thiazole rings is 1. The summed E-state index contributed by atoms with van der Waals surface area (Å²) < 4.78 is 6.59. The van der Waals surface area contributed by atoms with E-state index in [2.05, 4.69) is 200 Å².